The topological polar surface area (TPSA) is 0 Å². The molecule has 16 heavy (non-hydrogen) atoms. The molecule has 0 aromatic carbocycles. The van der Waals surface area contributed by atoms with Gasteiger partial charge < -0.3 is 0 Å². The molecule has 0 spiro atoms. The van der Waals surface area contributed by atoms with Crippen LogP contribution < -0.4 is 0 Å². The highest BCUT2D eigenvalue weighted by Gasteiger charge is 2.12. The Bertz CT molecular complexity index is 486. The van der Waals surface area contributed by atoms with Crippen molar-refractivity contribution < 1.29 is 4.39 Å². The van der Waals surface area contributed by atoms with Crippen molar-refractivity contribution in [1.29, 1.82) is 0 Å². The molecule has 2 aliphatic rings. The first-order valence-corrected chi connectivity index (χ1v) is 6.59. The monoisotopic (exact) mass is 250 g/mol. The summed E-state index contributed by atoms with van der Waals surface area (Å²) in [5.74, 6) is 5.06. The molecule has 82 valence electrons. The van der Waals surface area contributed by atoms with E-state index < -0.39 is 0 Å². The zero-order valence-electron chi connectivity index (χ0n) is 8.96. The third-order valence-electron chi connectivity index (χ3n) is 2.40. The second-order valence-electron chi connectivity index (χ2n) is 3.66. The van der Waals surface area contributed by atoms with Gasteiger partial charge in [0.1, 0.15) is 0 Å². The zero-order chi connectivity index (χ0) is 11.5. The Labute approximate surface area is 102 Å². The Morgan fingerprint density at radius 1 is 1.56 bits per heavy atom. The van der Waals surface area contributed by atoms with Crippen LogP contribution in [-0.4, -0.2) is 5.66 Å². The summed E-state index contributed by atoms with van der Waals surface area (Å²) in [4.78, 5) is 1.26. The third kappa shape index (κ3) is 2.67. The average Bonchev–Trinajstić information content (AvgIpc) is 2.44. The van der Waals surface area contributed by atoms with E-state index in [1.807, 2.05) is 17.6 Å². The minimum Gasteiger partial charge on any atom is -0.196 e. The molecule has 1 aliphatic carbocycles. The number of hydrogen-bond acceptors (Lipinski definition) is 1. The molecule has 0 aromatic rings. The largest absolute Gasteiger partial charge is 0.196 e. The van der Waals surface area contributed by atoms with E-state index >= 15 is 0 Å². The van der Waals surface area contributed by atoms with Crippen molar-refractivity contribution in [2.45, 2.75) is 19.0 Å². The molecule has 2 atom stereocenters. The molecule has 1 aliphatic heterocycles. The Morgan fingerprint density at radius 3 is 3.06 bits per heavy atom. The molecule has 0 nitrogen and oxygen atoms in total. The second-order valence-corrected chi connectivity index (χ2v) is 5.50. The summed E-state index contributed by atoms with van der Waals surface area (Å²) >= 11 is 1.64. The van der Waals surface area contributed by atoms with Crippen LogP contribution in [0.3, 0.4) is 0 Å². The predicted octanol–water partition coefficient (Wildman–Crippen LogP) is 3.95. The van der Waals surface area contributed by atoms with E-state index in [2.05, 4.69) is 34.1 Å². The maximum absolute atomic E-state index is 13.7. The van der Waals surface area contributed by atoms with Gasteiger partial charge in [-0.15, -0.1) is 21.0 Å². The predicted molar refractivity (Wildman–Crippen MR) is 72.6 cm³/mol. The van der Waals surface area contributed by atoms with Crippen LogP contribution in [0.5, 0.6) is 0 Å². The summed E-state index contributed by atoms with van der Waals surface area (Å²) in [6.45, 7) is 2.06. The molecule has 0 saturated heterocycles. The fourth-order valence-corrected chi connectivity index (χ4v) is 2.40. The van der Waals surface area contributed by atoms with Crippen molar-refractivity contribution in [3.05, 3.63) is 45.5 Å². The van der Waals surface area contributed by atoms with Crippen molar-refractivity contribution >= 4 is 21.0 Å². The van der Waals surface area contributed by atoms with Gasteiger partial charge in [-0.1, -0.05) is 24.1 Å². The Hall–Kier alpha value is -0.770. The van der Waals surface area contributed by atoms with Crippen LogP contribution in [0.2, 0.25) is 0 Å². The molecule has 0 bridgehead atoms. The smallest absolute Gasteiger partial charge is 0.180 e. The second kappa shape index (κ2) is 5.04. The normalized spacial score (nSPS) is 24.3. The van der Waals surface area contributed by atoms with Crippen LogP contribution in [0.4, 0.5) is 4.39 Å². The van der Waals surface area contributed by atoms with Gasteiger partial charge >= 0.3 is 0 Å². The molecule has 2 unspecified atom stereocenters. The van der Waals surface area contributed by atoms with Crippen LogP contribution >= 0.6 is 21.0 Å². The first kappa shape index (κ1) is 11.7. The molecule has 0 fully saturated rings. The molecule has 1 heterocycles. The Kier molecular flexibility index (Phi) is 3.69. The molecule has 0 N–H and O–H groups in total. The lowest BCUT2D eigenvalue weighted by molar-refractivity contribution is 0.668. The van der Waals surface area contributed by atoms with Crippen LogP contribution in [0.1, 0.15) is 13.3 Å². The van der Waals surface area contributed by atoms with Crippen LogP contribution in [0.25, 0.3) is 0 Å². The fourth-order valence-electron chi connectivity index (χ4n) is 1.47. The first-order valence-electron chi connectivity index (χ1n) is 5.05. The van der Waals surface area contributed by atoms with E-state index in [1.54, 1.807) is 11.8 Å². The van der Waals surface area contributed by atoms with Gasteiger partial charge in [-0.05, 0) is 35.2 Å². The minimum absolute atomic E-state index is 0.0392. The molecular formula is C13H12FPS. The van der Waals surface area contributed by atoms with Gasteiger partial charge in [-0.2, -0.15) is 4.39 Å². The van der Waals surface area contributed by atoms with Crippen molar-refractivity contribution in [3.63, 3.8) is 0 Å². The lowest BCUT2D eigenvalue weighted by atomic mass is 10.0. The number of thioether (sulfide) groups is 1. The van der Waals surface area contributed by atoms with E-state index in [-0.39, 0.29) is 11.5 Å². The van der Waals surface area contributed by atoms with E-state index in [9.17, 15) is 4.39 Å². The third-order valence-corrected chi connectivity index (χ3v) is 3.73. The number of hydrogen-bond donors (Lipinski definition) is 0. The lowest BCUT2D eigenvalue weighted by Gasteiger charge is -2.11. The maximum atomic E-state index is 13.7. The van der Waals surface area contributed by atoms with Crippen molar-refractivity contribution in [2.75, 3.05) is 0 Å². The summed E-state index contributed by atoms with van der Waals surface area (Å²) in [7, 11) is 2.58. The average molecular weight is 250 g/mol. The zero-order valence-corrected chi connectivity index (χ0v) is 10.9. The van der Waals surface area contributed by atoms with E-state index in [4.69, 9.17) is 0 Å². The van der Waals surface area contributed by atoms with Gasteiger partial charge in [-0.25, -0.2) is 0 Å². The molecule has 0 saturated carbocycles. The van der Waals surface area contributed by atoms with Gasteiger partial charge in [0.25, 0.3) is 0 Å². The summed E-state index contributed by atoms with van der Waals surface area (Å²) < 4.78 is 13.7. The van der Waals surface area contributed by atoms with E-state index in [1.165, 1.54) is 4.91 Å². The van der Waals surface area contributed by atoms with Crippen LogP contribution in [0.15, 0.2) is 45.5 Å². The van der Waals surface area contributed by atoms with Crippen LogP contribution in [-0.2, 0) is 0 Å². The molecule has 0 amide bonds. The van der Waals surface area contributed by atoms with E-state index in [0.29, 0.717) is 5.57 Å². The Balaban J connectivity index is 2.29. The quantitative estimate of drug-likeness (QED) is 0.501. The molecule has 0 aromatic heterocycles. The molecular weight excluding hydrogens is 238 g/mol. The number of rotatable bonds is 1. The van der Waals surface area contributed by atoms with Gasteiger partial charge in [0, 0.05) is 5.57 Å². The first-order chi connectivity index (χ1) is 7.66. The number of halogens is 1. The minimum atomic E-state index is -0.319. The fraction of sp³-hybridized carbons (Fsp3) is 0.231. The summed E-state index contributed by atoms with van der Waals surface area (Å²) in [5, 5.41) is 2.01. The number of allylic oxidation sites excluding steroid dienone is 7. The van der Waals surface area contributed by atoms with Gasteiger partial charge in [0.2, 0.25) is 0 Å². The highest BCUT2D eigenvalue weighted by molar-refractivity contribution is 8.05. The summed E-state index contributed by atoms with van der Waals surface area (Å²) in [5.41, 5.74) is 1.68. The van der Waals surface area contributed by atoms with Gasteiger partial charge in [-0.3, -0.25) is 0 Å². The summed E-state index contributed by atoms with van der Waals surface area (Å²) in [6, 6.07) is 0. The van der Waals surface area contributed by atoms with Crippen molar-refractivity contribution in [1.82, 2.24) is 0 Å². The molecule has 2 rings (SSSR count). The molecule has 3 heteroatoms. The SMILES string of the molecule is CC1=CCC(C2=C(F)C#CC(P)C=C2)=CS1. The van der Waals surface area contributed by atoms with Gasteiger partial charge in [0.05, 0.1) is 5.66 Å². The molecule has 0 radical (unpaired) electrons. The summed E-state index contributed by atoms with van der Waals surface area (Å²) in [6.07, 6.45) is 6.64. The van der Waals surface area contributed by atoms with Crippen molar-refractivity contribution in [2.24, 2.45) is 0 Å². The van der Waals surface area contributed by atoms with Crippen molar-refractivity contribution in [3.8, 4) is 11.8 Å². The highest BCUT2D eigenvalue weighted by Crippen LogP contribution is 2.32. The lowest BCUT2D eigenvalue weighted by Crippen LogP contribution is -1.92. The Morgan fingerprint density at radius 2 is 2.38 bits per heavy atom. The van der Waals surface area contributed by atoms with E-state index in [0.717, 1.165) is 12.0 Å². The van der Waals surface area contributed by atoms with Gasteiger partial charge in [0.15, 0.2) is 5.83 Å². The standard InChI is InChI=1S/C13H12FPS/c1-9-2-3-10(8-16-9)12-6-4-11(15)5-7-13(12)14/h2,4,6,8,11H,3,15H2,1H3. The van der Waals surface area contributed by atoms with Crippen LogP contribution in [0, 0.1) is 11.8 Å². The highest BCUT2D eigenvalue weighted by atomic mass is 32.2. The maximum Gasteiger partial charge on any atom is 0.180 e.